The zero-order valence-electron chi connectivity index (χ0n) is 23.9. The molecule has 0 saturated heterocycles. The predicted molar refractivity (Wildman–Crippen MR) is 150 cm³/mol. The van der Waals surface area contributed by atoms with Gasteiger partial charge in [-0.05, 0) is 77.9 Å². The van der Waals surface area contributed by atoms with Crippen LogP contribution in [0.2, 0.25) is 0 Å². The fourth-order valence-corrected chi connectivity index (χ4v) is 7.01. The highest BCUT2D eigenvalue weighted by Crippen LogP contribution is 2.53. The zero-order valence-corrected chi connectivity index (χ0v) is 23.9. The maximum atomic E-state index is 12.6. The molecule has 3 saturated carbocycles. The topological polar surface area (TPSA) is 107 Å². The molecular weight excluding hydrogens is 476 g/mol. The van der Waals surface area contributed by atoms with Crippen LogP contribution in [-0.2, 0) is 24.3 Å². The van der Waals surface area contributed by atoms with E-state index in [-0.39, 0.29) is 11.4 Å². The van der Waals surface area contributed by atoms with Crippen LogP contribution in [-0.4, -0.2) is 71.6 Å². The number of aromatic nitrogens is 3. The van der Waals surface area contributed by atoms with Crippen molar-refractivity contribution in [3.63, 3.8) is 0 Å². The molecule has 0 aromatic carbocycles. The molecule has 0 spiro atoms. The van der Waals surface area contributed by atoms with Crippen molar-refractivity contribution >= 4 is 23.6 Å². The van der Waals surface area contributed by atoms with Crippen LogP contribution in [0.5, 0.6) is 0 Å². The van der Waals surface area contributed by atoms with E-state index in [0.29, 0.717) is 11.8 Å². The number of quaternary nitrogens is 1. The Labute approximate surface area is 226 Å². The lowest BCUT2D eigenvalue weighted by molar-refractivity contribution is -0.543. The van der Waals surface area contributed by atoms with E-state index in [2.05, 4.69) is 37.8 Å². The third-order valence-corrected chi connectivity index (χ3v) is 9.37. The average molecular weight is 522 g/mol. The molecule has 3 aliphatic carbocycles. The quantitative estimate of drug-likeness (QED) is 0.440. The van der Waals surface area contributed by atoms with Crippen molar-refractivity contribution in [2.75, 3.05) is 39.1 Å². The first kappa shape index (κ1) is 26.8. The molecule has 2 aromatic heterocycles. The highest BCUT2D eigenvalue weighted by atomic mass is 16.1. The number of amides is 1. The Morgan fingerprint density at radius 1 is 1.21 bits per heavy atom. The van der Waals surface area contributed by atoms with Gasteiger partial charge < -0.3 is 20.5 Å². The van der Waals surface area contributed by atoms with E-state index < -0.39 is 0 Å². The molecule has 3 fully saturated rings. The van der Waals surface area contributed by atoms with Gasteiger partial charge in [-0.1, -0.05) is 0 Å². The summed E-state index contributed by atoms with van der Waals surface area (Å²) in [6.45, 7) is 7.70. The largest absolute Gasteiger partial charge is 0.366 e. The maximum Gasteiger partial charge on any atom is 0.235 e. The molecule has 3 heterocycles. The molecule has 6 rings (SSSR count). The summed E-state index contributed by atoms with van der Waals surface area (Å²) in [7, 11) is 6.02. The molecule has 206 valence electrons. The Kier molecular flexibility index (Phi) is 7.35. The smallest absolute Gasteiger partial charge is 0.235 e. The number of carbonyl (C=O) groups excluding carboxylic acids is 1. The van der Waals surface area contributed by atoms with Gasteiger partial charge >= 0.3 is 0 Å². The van der Waals surface area contributed by atoms with Gasteiger partial charge in [-0.3, -0.25) is 14.8 Å². The minimum absolute atomic E-state index is 0.00905. The summed E-state index contributed by atoms with van der Waals surface area (Å²) < 4.78 is 2.33. The van der Waals surface area contributed by atoms with Gasteiger partial charge in [0.15, 0.2) is 0 Å². The Bertz CT molecular complexity index is 1190. The van der Waals surface area contributed by atoms with Crippen LogP contribution in [0.1, 0.15) is 73.2 Å². The lowest BCUT2D eigenvalue weighted by atomic mass is 9.57. The second-order valence-electron chi connectivity index (χ2n) is 12.2. The van der Waals surface area contributed by atoms with E-state index in [1.807, 2.05) is 33.4 Å². The van der Waals surface area contributed by atoms with E-state index >= 15 is 0 Å². The number of nitrogens with one attached hydrogen (secondary N) is 2. The van der Waals surface area contributed by atoms with E-state index in [0.717, 1.165) is 99.6 Å². The van der Waals surface area contributed by atoms with Gasteiger partial charge in [0.25, 0.3) is 0 Å². The Morgan fingerprint density at radius 2 is 1.92 bits per heavy atom. The fraction of sp³-hybridized carbons (Fsp3) is 0.655. The molecule has 1 aliphatic heterocycles. The Morgan fingerprint density at radius 3 is 2.55 bits per heavy atom. The molecule has 1 amide bonds. The van der Waals surface area contributed by atoms with E-state index in [1.54, 1.807) is 0 Å². The highest BCUT2D eigenvalue weighted by Gasteiger charge is 2.49. The number of nitrogens with two attached hydrogens (primary N) is 1. The molecule has 4 aliphatic rings. The van der Waals surface area contributed by atoms with Crippen LogP contribution in [0, 0.1) is 24.7 Å². The van der Waals surface area contributed by atoms with Crippen molar-refractivity contribution in [2.24, 2.45) is 5.41 Å². The molecule has 2 bridgehead atoms. The summed E-state index contributed by atoms with van der Waals surface area (Å²) in [5, 5.41) is 18.5. The second kappa shape index (κ2) is 10.4. The van der Waals surface area contributed by atoms with Crippen LogP contribution in [0.3, 0.4) is 0 Å². The normalized spacial score (nSPS) is 24.5. The lowest BCUT2D eigenvalue weighted by Gasteiger charge is -2.53. The molecular formula is C29H45N8O+. The van der Waals surface area contributed by atoms with Crippen LogP contribution < -0.4 is 15.5 Å². The minimum Gasteiger partial charge on any atom is -0.366 e. The average Bonchev–Trinajstić information content (AvgIpc) is 3.21. The first-order chi connectivity index (χ1) is 18.2. The van der Waals surface area contributed by atoms with Crippen molar-refractivity contribution < 1.29 is 10.1 Å². The summed E-state index contributed by atoms with van der Waals surface area (Å²) in [6.07, 6.45) is 9.72. The Hall–Kier alpha value is -2.78. The zero-order chi connectivity index (χ0) is 27.1. The second-order valence-corrected chi connectivity index (χ2v) is 12.2. The molecule has 9 nitrogen and oxygen atoms in total. The predicted octanol–water partition coefficient (Wildman–Crippen LogP) is 2.44. The molecule has 0 radical (unpaired) electrons. The van der Waals surface area contributed by atoms with Gasteiger partial charge in [0.05, 0.1) is 24.0 Å². The third-order valence-electron chi connectivity index (χ3n) is 9.37. The van der Waals surface area contributed by atoms with Gasteiger partial charge in [-0.25, -0.2) is 4.98 Å². The fourth-order valence-electron chi connectivity index (χ4n) is 7.01. The first-order valence-electron chi connectivity index (χ1n) is 14.2. The summed E-state index contributed by atoms with van der Waals surface area (Å²) in [6, 6.07) is 2.12. The summed E-state index contributed by atoms with van der Waals surface area (Å²) >= 11 is 0. The molecule has 0 unspecified atom stereocenters. The first-order valence-corrected chi connectivity index (χ1v) is 14.2. The number of anilines is 1. The number of hydrogen-bond donors (Lipinski definition) is 3. The Balaban J connectivity index is 1.28. The number of aryl methyl sites for hydroxylation is 2. The van der Waals surface area contributed by atoms with Crippen molar-refractivity contribution in [3.05, 3.63) is 34.3 Å². The van der Waals surface area contributed by atoms with Crippen molar-refractivity contribution in [1.82, 2.24) is 25.0 Å². The van der Waals surface area contributed by atoms with E-state index in [9.17, 15) is 4.79 Å². The summed E-state index contributed by atoms with van der Waals surface area (Å²) in [5.41, 5.74) is 7.13. The minimum atomic E-state index is 0.00905. The highest BCUT2D eigenvalue weighted by molar-refractivity contribution is 5.90. The lowest BCUT2D eigenvalue weighted by Crippen LogP contribution is -2.74. The molecule has 0 atom stereocenters. The molecule has 38 heavy (non-hydrogen) atoms. The van der Waals surface area contributed by atoms with Gasteiger partial charge in [0.2, 0.25) is 11.7 Å². The third kappa shape index (κ3) is 5.10. The number of carbonyl (C=O) groups is 1. The standard InChI is InChI=1S/C29H44N8O/c1-20-16-25(22(17-30)27(31-3)32-20)36-15-6-24-23(18-36)21(2)34-37(24)19-28-8-11-29(12-9-28,13-10-28)33-26(38)7-14-35(4)5/h16-17,30H,6-15,18-19H2,1-5H3,(H,31,32)(H,33,38)/p+1. The van der Waals surface area contributed by atoms with Gasteiger partial charge in [0, 0.05) is 67.7 Å². The van der Waals surface area contributed by atoms with Crippen molar-refractivity contribution in [2.45, 2.75) is 83.8 Å². The number of pyridine rings is 1. The summed E-state index contributed by atoms with van der Waals surface area (Å²) in [4.78, 5) is 21.7. The summed E-state index contributed by atoms with van der Waals surface area (Å²) in [5.74, 6) is 1.08. The molecule has 2 aromatic rings. The monoisotopic (exact) mass is 521 g/mol. The van der Waals surface area contributed by atoms with Gasteiger partial charge in [-0.15, -0.1) is 0 Å². The van der Waals surface area contributed by atoms with E-state index in [1.165, 1.54) is 17.5 Å². The van der Waals surface area contributed by atoms with Crippen LogP contribution in [0.25, 0.3) is 0 Å². The number of fused-ring (bicyclic) bond motifs is 4. The van der Waals surface area contributed by atoms with Crippen molar-refractivity contribution in [3.8, 4) is 0 Å². The molecule has 9 heteroatoms. The van der Waals surface area contributed by atoms with Crippen LogP contribution in [0.15, 0.2) is 6.07 Å². The number of rotatable bonds is 9. The van der Waals surface area contributed by atoms with Gasteiger partial charge in [0.1, 0.15) is 0 Å². The molecule has 4 N–H and O–H groups in total. The van der Waals surface area contributed by atoms with Crippen LogP contribution in [0.4, 0.5) is 11.5 Å². The number of nitrogens with zero attached hydrogens (tertiary/aromatic N) is 5. The van der Waals surface area contributed by atoms with Crippen molar-refractivity contribution in [1.29, 1.82) is 5.41 Å². The van der Waals surface area contributed by atoms with Crippen LogP contribution >= 0.6 is 0 Å². The maximum absolute atomic E-state index is 12.6. The SMILES string of the molecule is C[NH2+]c1nc(C)cc(N2CCc3c(c(C)nn3CC34CCC(NC(=O)CCN(C)C)(CC3)CC4)C2)c1C=N. The van der Waals surface area contributed by atoms with Gasteiger partial charge in [-0.2, -0.15) is 5.10 Å². The van der Waals surface area contributed by atoms with E-state index in [4.69, 9.17) is 10.5 Å². The number of hydrogen-bond acceptors (Lipinski definition) is 6.